The SMILES string of the molecule is Cc1sc(-c2cccnc2)nc1CC#N. The maximum Gasteiger partial charge on any atom is 0.125 e. The summed E-state index contributed by atoms with van der Waals surface area (Å²) in [5, 5.41) is 9.56. The summed E-state index contributed by atoms with van der Waals surface area (Å²) in [6, 6.07) is 5.98. The molecule has 0 spiro atoms. The van der Waals surface area contributed by atoms with Crippen molar-refractivity contribution >= 4 is 11.3 Å². The minimum absolute atomic E-state index is 0.378. The van der Waals surface area contributed by atoms with E-state index in [0.717, 1.165) is 21.1 Å². The number of thiazole rings is 1. The van der Waals surface area contributed by atoms with Gasteiger partial charge in [-0.15, -0.1) is 11.3 Å². The van der Waals surface area contributed by atoms with Crippen molar-refractivity contribution in [1.29, 1.82) is 5.26 Å². The molecule has 0 amide bonds. The molecule has 74 valence electrons. The van der Waals surface area contributed by atoms with E-state index in [0.29, 0.717) is 6.42 Å². The molecule has 0 bridgehead atoms. The summed E-state index contributed by atoms with van der Waals surface area (Å²) in [6.45, 7) is 1.99. The van der Waals surface area contributed by atoms with Gasteiger partial charge in [-0.2, -0.15) is 5.26 Å². The fourth-order valence-corrected chi connectivity index (χ4v) is 2.20. The minimum atomic E-state index is 0.378. The highest BCUT2D eigenvalue weighted by molar-refractivity contribution is 7.15. The van der Waals surface area contributed by atoms with E-state index >= 15 is 0 Å². The third-order valence-corrected chi connectivity index (χ3v) is 3.11. The number of rotatable bonds is 2. The molecule has 0 saturated carbocycles. The van der Waals surface area contributed by atoms with E-state index < -0.39 is 0 Å². The van der Waals surface area contributed by atoms with Crippen LogP contribution in [0.15, 0.2) is 24.5 Å². The number of hydrogen-bond donors (Lipinski definition) is 0. The van der Waals surface area contributed by atoms with Crippen molar-refractivity contribution in [3.8, 4) is 16.6 Å². The Kier molecular flexibility index (Phi) is 2.75. The lowest BCUT2D eigenvalue weighted by molar-refractivity contribution is 1.13. The molecular formula is C11H9N3S. The molecule has 0 fully saturated rings. The Balaban J connectivity index is 2.40. The molecule has 0 N–H and O–H groups in total. The first kappa shape index (κ1) is 9.81. The Morgan fingerprint density at radius 2 is 2.40 bits per heavy atom. The number of nitrogens with zero attached hydrogens (tertiary/aromatic N) is 3. The van der Waals surface area contributed by atoms with Crippen molar-refractivity contribution in [3.63, 3.8) is 0 Å². The van der Waals surface area contributed by atoms with Crippen LogP contribution in [0.3, 0.4) is 0 Å². The second kappa shape index (κ2) is 4.20. The molecule has 0 unspecified atom stereocenters. The van der Waals surface area contributed by atoms with Gasteiger partial charge in [0.2, 0.25) is 0 Å². The van der Waals surface area contributed by atoms with E-state index in [-0.39, 0.29) is 0 Å². The molecule has 0 aromatic carbocycles. The summed E-state index contributed by atoms with van der Waals surface area (Å²) in [4.78, 5) is 9.58. The van der Waals surface area contributed by atoms with Gasteiger partial charge in [0.05, 0.1) is 18.2 Å². The number of aryl methyl sites for hydroxylation is 1. The smallest absolute Gasteiger partial charge is 0.125 e. The van der Waals surface area contributed by atoms with Gasteiger partial charge in [0.25, 0.3) is 0 Å². The minimum Gasteiger partial charge on any atom is -0.264 e. The second-order valence-corrected chi connectivity index (χ2v) is 4.30. The van der Waals surface area contributed by atoms with E-state index in [1.165, 1.54) is 0 Å². The van der Waals surface area contributed by atoms with Crippen molar-refractivity contribution in [1.82, 2.24) is 9.97 Å². The molecule has 0 aliphatic rings. The van der Waals surface area contributed by atoms with Crippen LogP contribution in [0.2, 0.25) is 0 Å². The predicted molar refractivity (Wildman–Crippen MR) is 59.4 cm³/mol. The lowest BCUT2D eigenvalue weighted by atomic mass is 10.3. The van der Waals surface area contributed by atoms with Crippen molar-refractivity contribution in [2.24, 2.45) is 0 Å². The molecule has 2 aromatic rings. The normalized spacial score (nSPS) is 9.87. The molecule has 15 heavy (non-hydrogen) atoms. The van der Waals surface area contributed by atoms with Crippen LogP contribution in [-0.4, -0.2) is 9.97 Å². The molecule has 0 radical (unpaired) electrons. The van der Waals surface area contributed by atoms with Gasteiger partial charge in [-0.05, 0) is 19.1 Å². The summed E-state index contributed by atoms with van der Waals surface area (Å²) in [5.74, 6) is 0. The predicted octanol–water partition coefficient (Wildman–Crippen LogP) is 2.58. The van der Waals surface area contributed by atoms with Crippen molar-refractivity contribution in [2.45, 2.75) is 13.3 Å². The lowest BCUT2D eigenvalue weighted by Crippen LogP contribution is -1.84. The maximum atomic E-state index is 8.63. The molecule has 0 atom stereocenters. The zero-order valence-electron chi connectivity index (χ0n) is 8.27. The van der Waals surface area contributed by atoms with Gasteiger partial charge in [0.1, 0.15) is 5.01 Å². The van der Waals surface area contributed by atoms with Gasteiger partial charge >= 0.3 is 0 Å². The molecule has 2 rings (SSSR count). The van der Waals surface area contributed by atoms with E-state index in [2.05, 4.69) is 16.0 Å². The Morgan fingerprint density at radius 1 is 1.53 bits per heavy atom. The monoisotopic (exact) mass is 215 g/mol. The van der Waals surface area contributed by atoms with Crippen LogP contribution >= 0.6 is 11.3 Å². The molecule has 3 nitrogen and oxygen atoms in total. The average molecular weight is 215 g/mol. The summed E-state index contributed by atoms with van der Waals surface area (Å²) >= 11 is 1.61. The van der Waals surface area contributed by atoms with Gasteiger partial charge in [-0.3, -0.25) is 4.98 Å². The summed E-state index contributed by atoms with van der Waals surface area (Å²) < 4.78 is 0. The highest BCUT2D eigenvalue weighted by atomic mass is 32.1. The molecule has 0 aliphatic carbocycles. The topological polar surface area (TPSA) is 49.6 Å². The fraction of sp³-hybridized carbons (Fsp3) is 0.182. The average Bonchev–Trinajstić information content (AvgIpc) is 2.63. The molecule has 2 aromatic heterocycles. The molecule has 4 heteroatoms. The maximum absolute atomic E-state index is 8.63. The lowest BCUT2D eigenvalue weighted by Gasteiger charge is -1.92. The summed E-state index contributed by atoms with van der Waals surface area (Å²) in [5.41, 5.74) is 1.89. The largest absolute Gasteiger partial charge is 0.264 e. The van der Waals surface area contributed by atoms with E-state index in [1.807, 2.05) is 19.1 Å². The van der Waals surface area contributed by atoms with Crippen LogP contribution < -0.4 is 0 Å². The number of aromatic nitrogens is 2. The van der Waals surface area contributed by atoms with Gasteiger partial charge in [-0.1, -0.05) is 0 Å². The number of nitriles is 1. The first-order chi connectivity index (χ1) is 7.31. The van der Waals surface area contributed by atoms with E-state index in [4.69, 9.17) is 5.26 Å². The second-order valence-electron chi connectivity index (χ2n) is 3.10. The molecular weight excluding hydrogens is 206 g/mol. The van der Waals surface area contributed by atoms with E-state index in [9.17, 15) is 0 Å². The standard InChI is InChI=1S/C11H9N3S/c1-8-10(4-5-12)14-11(15-8)9-3-2-6-13-7-9/h2-3,6-7H,4H2,1H3. The fourth-order valence-electron chi connectivity index (χ4n) is 1.28. The van der Waals surface area contributed by atoms with Gasteiger partial charge in [0.15, 0.2) is 0 Å². The van der Waals surface area contributed by atoms with Crippen LogP contribution in [0, 0.1) is 18.3 Å². The quantitative estimate of drug-likeness (QED) is 0.773. The van der Waals surface area contributed by atoms with Crippen molar-refractivity contribution < 1.29 is 0 Å². The van der Waals surface area contributed by atoms with Crippen molar-refractivity contribution in [2.75, 3.05) is 0 Å². The van der Waals surface area contributed by atoms with Crippen LogP contribution in [0.4, 0.5) is 0 Å². The molecule has 0 aliphatic heterocycles. The van der Waals surface area contributed by atoms with E-state index in [1.54, 1.807) is 23.7 Å². The summed E-state index contributed by atoms with van der Waals surface area (Å²) in [7, 11) is 0. The Morgan fingerprint density at radius 3 is 3.07 bits per heavy atom. The number of pyridine rings is 1. The van der Waals surface area contributed by atoms with Crippen LogP contribution in [-0.2, 0) is 6.42 Å². The van der Waals surface area contributed by atoms with Gasteiger partial charge in [0, 0.05) is 22.8 Å². The van der Waals surface area contributed by atoms with Crippen LogP contribution in [0.5, 0.6) is 0 Å². The highest BCUT2D eigenvalue weighted by Gasteiger charge is 2.08. The first-order valence-electron chi connectivity index (χ1n) is 4.55. The third-order valence-electron chi connectivity index (χ3n) is 2.05. The Labute approximate surface area is 92.1 Å². The van der Waals surface area contributed by atoms with Gasteiger partial charge < -0.3 is 0 Å². The zero-order chi connectivity index (χ0) is 10.7. The Bertz CT molecular complexity index is 496. The summed E-state index contributed by atoms with van der Waals surface area (Å²) in [6.07, 6.45) is 3.90. The zero-order valence-corrected chi connectivity index (χ0v) is 9.08. The van der Waals surface area contributed by atoms with Crippen molar-refractivity contribution in [3.05, 3.63) is 35.1 Å². The van der Waals surface area contributed by atoms with Crippen LogP contribution in [0.25, 0.3) is 10.6 Å². The third kappa shape index (κ3) is 2.03. The highest BCUT2D eigenvalue weighted by Crippen LogP contribution is 2.26. The molecule has 0 saturated heterocycles. The van der Waals surface area contributed by atoms with Crippen LogP contribution in [0.1, 0.15) is 10.6 Å². The number of hydrogen-bond acceptors (Lipinski definition) is 4. The molecule has 2 heterocycles. The Hall–Kier alpha value is -1.73. The van der Waals surface area contributed by atoms with Gasteiger partial charge in [-0.25, -0.2) is 4.98 Å². The first-order valence-corrected chi connectivity index (χ1v) is 5.36.